The maximum absolute atomic E-state index is 11.5. The lowest BCUT2D eigenvalue weighted by molar-refractivity contribution is -0.144. The van der Waals surface area contributed by atoms with Gasteiger partial charge in [-0.05, 0) is 69.1 Å². The highest BCUT2D eigenvalue weighted by molar-refractivity contribution is 5.69. The summed E-state index contributed by atoms with van der Waals surface area (Å²) in [4.78, 5) is 11.5. The van der Waals surface area contributed by atoms with Crippen LogP contribution < -0.4 is 4.74 Å². The van der Waals surface area contributed by atoms with Crippen molar-refractivity contribution in [3.05, 3.63) is 29.8 Å². The van der Waals surface area contributed by atoms with Crippen molar-refractivity contribution in [2.45, 2.75) is 51.9 Å². The number of ether oxygens (including phenoxy) is 2. The van der Waals surface area contributed by atoms with E-state index in [1.807, 2.05) is 13.8 Å². The Labute approximate surface area is 127 Å². The number of carbonyl (C=O) groups excluding carboxylic acids is 1. The molecule has 0 amide bonds. The number of esters is 1. The SMILES string of the molecule is CCOC(=O)CC1CCC(c2ccc(OCC)cc2)CC1. The molecule has 0 heterocycles. The first-order valence-corrected chi connectivity index (χ1v) is 8.11. The fourth-order valence-electron chi connectivity index (χ4n) is 3.16. The van der Waals surface area contributed by atoms with Crippen LogP contribution in [0.3, 0.4) is 0 Å². The van der Waals surface area contributed by atoms with Crippen molar-refractivity contribution in [1.29, 1.82) is 0 Å². The molecule has 0 radical (unpaired) electrons. The molecule has 0 unspecified atom stereocenters. The number of rotatable bonds is 6. The summed E-state index contributed by atoms with van der Waals surface area (Å²) in [6.45, 7) is 5.05. The molecule has 1 fully saturated rings. The van der Waals surface area contributed by atoms with Gasteiger partial charge in [0.15, 0.2) is 0 Å². The average Bonchev–Trinajstić information content (AvgIpc) is 2.49. The molecule has 3 nitrogen and oxygen atoms in total. The average molecular weight is 290 g/mol. The van der Waals surface area contributed by atoms with Crippen molar-refractivity contribution in [3.8, 4) is 5.75 Å². The second-order valence-electron chi connectivity index (χ2n) is 5.73. The predicted octanol–water partition coefficient (Wildman–Crippen LogP) is 4.31. The molecule has 0 N–H and O–H groups in total. The van der Waals surface area contributed by atoms with Gasteiger partial charge >= 0.3 is 5.97 Å². The van der Waals surface area contributed by atoms with Crippen LogP contribution >= 0.6 is 0 Å². The fourth-order valence-corrected chi connectivity index (χ4v) is 3.16. The Morgan fingerprint density at radius 3 is 2.29 bits per heavy atom. The van der Waals surface area contributed by atoms with Gasteiger partial charge in [0, 0.05) is 6.42 Å². The van der Waals surface area contributed by atoms with Crippen LogP contribution in [-0.2, 0) is 9.53 Å². The van der Waals surface area contributed by atoms with Gasteiger partial charge in [-0.3, -0.25) is 4.79 Å². The maximum Gasteiger partial charge on any atom is 0.306 e. The number of hydrogen-bond acceptors (Lipinski definition) is 3. The summed E-state index contributed by atoms with van der Waals surface area (Å²) in [6, 6.07) is 8.48. The van der Waals surface area contributed by atoms with E-state index in [0.29, 0.717) is 31.5 Å². The molecule has 1 saturated carbocycles. The summed E-state index contributed by atoms with van der Waals surface area (Å²) in [5.41, 5.74) is 1.40. The maximum atomic E-state index is 11.5. The lowest BCUT2D eigenvalue weighted by Gasteiger charge is -2.28. The first-order valence-electron chi connectivity index (χ1n) is 8.11. The highest BCUT2D eigenvalue weighted by Gasteiger charge is 2.24. The van der Waals surface area contributed by atoms with Gasteiger partial charge in [0.05, 0.1) is 13.2 Å². The third kappa shape index (κ3) is 4.76. The van der Waals surface area contributed by atoms with Crippen LogP contribution in [0.1, 0.15) is 57.4 Å². The second kappa shape index (κ2) is 8.06. The Morgan fingerprint density at radius 1 is 1.05 bits per heavy atom. The molecule has 21 heavy (non-hydrogen) atoms. The molecule has 0 spiro atoms. The van der Waals surface area contributed by atoms with Crippen LogP contribution in [0.15, 0.2) is 24.3 Å². The number of hydrogen-bond donors (Lipinski definition) is 0. The van der Waals surface area contributed by atoms with E-state index in [9.17, 15) is 4.79 Å². The minimum absolute atomic E-state index is 0.0398. The third-order valence-electron chi connectivity index (χ3n) is 4.27. The Kier molecular flexibility index (Phi) is 6.09. The molecule has 0 atom stereocenters. The molecule has 3 heteroatoms. The van der Waals surface area contributed by atoms with Crippen molar-refractivity contribution in [2.24, 2.45) is 5.92 Å². The van der Waals surface area contributed by atoms with E-state index in [1.165, 1.54) is 5.56 Å². The number of benzene rings is 1. The molecule has 1 aliphatic rings. The summed E-state index contributed by atoms with van der Waals surface area (Å²) in [5, 5.41) is 0. The molecule has 1 aromatic rings. The monoisotopic (exact) mass is 290 g/mol. The van der Waals surface area contributed by atoms with Gasteiger partial charge in [-0.2, -0.15) is 0 Å². The van der Waals surface area contributed by atoms with Gasteiger partial charge in [0.1, 0.15) is 5.75 Å². The predicted molar refractivity (Wildman–Crippen MR) is 83.6 cm³/mol. The standard InChI is InChI=1S/C18H26O3/c1-3-20-17-11-9-16(10-12-17)15-7-5-14(6-8-15)13-18(19)21-4-2/h9-12,14-15H,3-8,13H2,1-2H3. The molecule has 0 bridgehead atoms. The minimum Gasteiger partial charge on any atom is -0.494 e. The van der Waals surface area contributed by atoms with Crippen LogP contribution in [0, 0.1) is 5.92 Å². The first-order chi connectivity index (χ1) is 10.2. The van der Waals surface area contributed by atoms with Crippen LogP contribution in [0.4, 0.5) is 0 Å². The van der Waals surface area contributed by atoms with Gasteiger partial charge in [-0.25, -0.2) is 0 Å². The van der Waals surface area contributed by atoms with E-state index in [0.717, 1.165) is 31.4 Å². The molecule has 0 aliphatic heterocycles. The van der Waals surface area contributed by atoms with Crippen molar-refractivity contribution in [1.82, 2.24) is 0 Å². The smallest absolute Gasteiger partial charge is 0.306 e. The van der Waals surface area contributed by atoms with Crippen molar-refractivity contribution < 1.29 is 14.3 Å². The van der Waals surface area contributed by atoms with Gasteiger partial charge < -0.3 is 9.47 Å². The van der Waals surface area contributed by atoms with Crippen molar-refractivity contribution in [2.75, 3.05) is 13.2 Å². The van der Waals surface area contributed by atoms with Crippen LogP contribution in [0.5, 0.6) is 5.75 Å². The summed E-state index contributed by atoms with van der Waals surface area (Å²) in [6.07, 6.45) is 5.16. The first kappa shape index (κ1) is 15.9. The molecular formula is C18H26O3. The zero-order chi connectivity index (χ0) is 15.1. The second-order valence-corrected chi connectivity index (χ2v) is 5.73. The van der Waals surface area contributed by atoms with E-state index in [2.05, 4.69) is 24.3 Å². The van der Waals surface area contributed by atoms with E-state index in [1.54, 1.807) is 0 Å². The molecule has 0 aromatic heterocycles. The molecule has 1 aliphatic carbocycles. The van der Waals surface area contributed by atoms with Gasteiger partial charge in [0.2, 0.25) is 0 Å². The number of carbonyl (C=O) groups is 1. The topological polar surface area (TPSA) is 35.5 Å². The van der Waals surface area contributed by atoms with E-state index >= 15 is 0 Å². The summed E-state index contributed by atoms with van der Waals surface area (Å²) >= 11 is 0. The zero-order valence-electron chi connectivity index (χ0n) is 13.1. The largest absolute Gasteiger partial charge is 0.494 e. The molecular weight excluding hydrogens is 264 g/mol. The van der Waals surface area contributed by atoms with Gasteiger partial charge in [0.25, 0.3) is 0 Å². The van der Waals surface area contributed by atoms with Crippen LogP contribution in [0.25, 0.3) is 0 Å². The lowest BCUT2D eigenvalue weighted by Crippen LogP contribution is -2.17. The van der Waals surface area contributed by atoms with E-state index in [4.69, 9.17) is 9.47 Å². The Balaban J connectivity index is 1.81. The lowest BCUT2D eigenvalue weighted by atomic mass is 9.77. The fraction of sp³-hybridized carbons (Fsp3) is 0.611. The molecule has 116 valence electrons. The van der Waals surface area contributed by atoms with E-state index < -0.39 is 0 Å². The van der Waals surface area contributed by atoms with Gasteiger partial charge in [-0.1, -0.05) is 12.1 Å². The highest BCUT2D eigenvalue weighted by atomic mass is 16.5. The molecule has 1 aromatic carbocycles. The quantitative estimate of drug-likeness (QED) is 0.732. The third-order valence-corrected chi connectivity index (χ3v) is 4.27. The Hall–Kier alpha value is -1.51. The van der Waals surface area contributed by atoms with Gasteiger partial charge in [-0.15, -0.1) is 0 Å². The normalized spacial score (nSPS) is 21.8. The summed E-state index contributed by atoms with van der Waals surface area (Å²) in [5.74, 6) is 2.03. The van der Waals surface area contributed by atoms with Crippen molar-refractivity contribution >= 4 is 5.97 Å². The van der Waals surface area contributed by atoms with E-state index in [-0.39, 0.29) is 5.97 Å². The molecule has 0 saturated heterocycles. The van der Waals surface area contributed by atoms with Crippen LogP contribution in [0.2, 0.25) is 0 Å². The minimum atomic E-state index is -0.0398. The zero-order valence-corrected chi connectivity index (χ0v) is 13.1. The van der Waals surface area contributed by atoms with Crippen molar-refractivity contribution in [3.63, 3.8) is 0 Å². The highest BCUT2D eigenvalue weighted by Crippen LogP contribution is 2.37. The molecule has 2 rings (SSSR count). The summed E-state index contributed by atoms with van der Waals surface area (Å²) in [7, 11) is 0. The van der Waals surface area contributed by atoms with Crippen LogP contribution in [-0.4, -0.2) is 19.2 Å². The Bertz CT molecular complexity index is 430. The summed E-state index contributed by atoms with van der Waals surface area (Å²) < 4.78 is 10.5. The Morgan fingerprint density at radius 2 is 1.71 bits per heavy atom.